The number of nitrogens with one attached hydrogen (secondary N) is 2. The lowest BCUT2D eigenvalue weighted by molar-refractivity contribution is 0.233. The zero-order valence-electron chi connectivity index (χ0n) is 13.9. The Kier molecular flexibility index (Phi) is 6.95. The molecule has 2 amide bonds. The van der Waals surface area contributed by atoms with Crippen LogP contribution >= 0.6 is 0 Å². The van der Waals surface area contributed by atoms with Crippen LogP contribution in [-0.2, 0) is 6.42 Å². The molecule has 0 radical (unpaired) electrons. The van der Waals surface area contributed by atoms with Gasteiger partial charge in [0, 0.05) is 6.04 Å². The molecule has 128 valence electrons. The van der Waals surface area contributed by atoms with E-state index in [9.17, 15) is 9.90 Å². The van der Waals surface area contributed by atoms with Gasteiger partial charge in [0.05, 0.1) is 6.54 Å². The predicted molar refractivity (Wildman–Crippen MR) is 94.4 cm³/mol. The molecule has 0 heterocycles. The third-order valence-electron chi connectivity index (χ3n) is 3.58. The molecule has 0 aliphatic carbocycles. The van der Waals surface area contributed by atoms with Crippen molar-refractivity contribution in [3.8, 4) is 11.5 Å². The summed E-state index contributed by atoms with van der Waals surface area (Å²) in [6.45, 7) is 2.85. The van der Waals surface area contributed by atoms with Gasteiger partial charge in [-0.1, -0.05) is 30.3 Å². The SMILES string of the molecule is CC(CCc1ccc(O)cc1)NC(=O)NCCOc1ccccc1. The molecule has 24 heavy (non-hydrogen) atoms. The van der Waals surface area contributed by atoms with Crippen LogP contribution < -0.4 is 15.4 Å². The van der Waals surface area contributed by atoms with E-state index >= 15 is 0 Å². The molecule has 1 unspecified atom stereocenters. The van der Waals surface area contributed by atoms with E-state index in [1.807, 2.05) is 49.4 Å². The topological polar surface area (TPSA) is 70.6 Å². The number of benzene rings is 2. The molecule has 0 aromatic heterocycles. The second-order valence-electron chi connectivity index (χ2n) is 5.67. The molecular formula is C19H24N2O3. The highest BCUT2D eigenvalue weighted by atomic mass is 16.5. The summed E-state index contributed by atoms with van der Waals surface area (Å²) in [5.74, 6) is 1.06. The van der Waals surface area contributed by atoms with Crippen LogP contribution in [0.2, 0.25) is 0 Å². The van der Waals surface area contributed by atoms with Crippen LogP contribution in [0.25, 0.3) is 0 Å². The van der Waals surface area contributed by atoms with Gasteiger partial charge in [0.1, 0.15) is 18.1 Å². The molecule has 0 fully saturated rings. The lowest BCUT2D eigenvalue weighted by Crippen LogP contribution is -2.42. The Morgan fingerprint density at radius 2 is 1.83 bits per heavy atom. The van der Waals surface area contributed by atoms with E-state index in [-0.39, 0.29) is 17.8 Å². The van der Waals surface area contributed by atoms with Gasteiger partial charge in [-0.05, 0) is 49.6 Å². The molecule has 0 bridgehead atoms. The number of para-hydroxylation sites is 1. The van der Waals surface area contributed by atoms with Crippen molar-refractivity contribution in [2.24, 2.45) is 0 Å². The number of phenols is 1. The first-order valence-electron chi connectivity index (χ1n) is 8.13. The summed E-state index contributed by atoms with van der Waals surface area (Å²) in [5, 5.41) is 14.9. The van der Waals surface area contributed by atoms with Gasteiger partial charge in [0.25, 0.3) is 0 Å². The van der Waals surface area contributed by atoms with Gasteiger partial charge in [-0.2, -0.15) is 0 Å². The number of carbonyl (C=O) groups is 1. The number of aromatic hydroxyl groups is 1. The predicted octanol–water partition coefficient (Wildman–Crippen LogP) is 3.09. The Hall–Kier alpha value is -2.69. The average molecular weight is 328 g/mol. The molecule has 2 aromatic rings. The molecule has 0 spiro atoms. The summed E-state index contributed by atoms with van der Waals surface area (Å²) < 4.78 is 5.51. The number of urea groups is 1. The van der Waals surface area contributed by atoms with Crippen molar-refractivity contribution in [1.29, 1.82) is 0 Å². The third-order valence-corrected chi connectivity index (χ3v) is 3.58. The highest BCUT2D eigenvalue weighted by molar-refractivity contribution is 5.74. The van der Waals surface area contributed by atoms with Crippen LogP contribution in [0.4, 0.5) is 4.79 Å². The first-order valence-corrected chi connectivity index (χ1v) is 8.13. The van der Waals surface area contributed by atoms with Crippen LogP contribution in [0, 0.1) is 0 Å². The minimum absolute atomic E-state index is 0.0637. The second kappa shape index (κ2) is 9.45. The Morgan fingerprint density at radius 1 is 1.12 bits per heavy atom. The molecule has 0 aliphatic rings. The van der Waals surface area contributed by atoms with Crippen LogP contribution in [0.3, 0.4) is 0 Å². The van der Waals surface area contributed by atoms with Crippen molar-refractivity contribution in [3.63, 3.8) is 0 Å². The van der Waals surface area contributed by atoms with Gasteiger partial charge >= 0.3 is 6.03 Å². The second-order valence-corrected chi connectivity index (χ2v) is 5.67. The number of carbonyl (C=O) groups excluding carboxylic acids is 1. The normalized spacial score (nSPS) is 11.5. The van der Waals surface area contributed by atoms with Gasteiger partial charge in [0.15, 0.2) is 0 Å². The average Bonchev–Trinajstić information content (AvgIpc) is 2.59. The number of rotatable bonds is 8. The number of hydrogen-bond acceptors (Lipinski definition) is 3. The van der Waals surface area contributed by atoms with Crippen LogP contribution in [0.15, 0.2) is 54.6 Å². The Bertz CT molecular complexity index is 614. The standard InChI is InChI=1S/C19H24N2O3/c1-15(7-8-16-9-11-17(22)12-10-16)21-19(23)20-13-14-24-18-5-3-2-4-6-18/h2-6,9-12,15,22H,7-8,13-14H2,1H3,(H2,20,21,23). The number of ether oxygens (including phenoxy) is 1. The fourth-order valence-corrected chi connectivity index (χ4v) is 2.24. The highest BCUT2D eigenvalue weighted by Gasteiger charge is 2.07. The Labute approximate surface area is 142 Å². The molecule has 0 saturated heterocycles. The largest absolute Gasteiger partial charge is 0.508 e. The summed E-state index contributed by atoms with van der Waals surface area (Å²) in [6, 6.07) is 16.5. The van der Waals surface area contributed by atoms with Crippen molar-refractivity contribution in [2.45, 2.75) is 25.8 Å². The van der Waals surface area contributed by atoms with Crippen LogP contribution in [0.1, 0.15) is 18.9 Å². The summed E-state index contributed by atoms with van der Waals surface area (Å²) >= 11 is 0. The van der Waals surface area contributed by atoms with Gasteiger partial charge in [0.2, 0.25) is 0 Å². The van der Waals surface area contributed by atoms with E-state index in [0.29, 0.717) is 13.2 Å². The van der Waals surface area contributed by atoms with E-state index in [1.165, 1.54) is 0 Å². The molecule has 5 heteroatoms. The van der Waals surface area contributed by atoms with Crippen molar-refractivity contribution >= 4 is 6.03 Å². The summed E-state index contributed by atoms with van der Waals surface area (Å²) in [4.78, 5) is 11.8. The molecular weight excluding hydrogens is 304 g/mol. The molecule has 0 aliphatic heterocycles. The van der Waals surface area contributed by atoms with E-state index < -0.39 is 0 Å². The molecule has 0 saturated carbocycles. The molecule has 2 aromatic carbocycles. The zero-order chi connectivity index (χ0) is 17.2. The monoisotopic (exact) mass is 328 g/mol. The maximum absolute atomic E-state index is 11.8. The van der Waals surface area contributed by atoms with E-state index in [1.54, 1.807) is 12.1 Å². The summed E-state index contributed by atoms with van der Waals surface area (Å²) in [7, 11) is 0. The maximum Gasteiger partial charge on any atom is 0.315 e. The van der Waals surface area contributed by atoms with Gasteiger partial charge in [-0.15, -0.1) is 0 Å². The van der Waals surface area contributed by atoms with Crippen LogP contribution in [-0.4, -0.2) is 30.3 Å². The lowest BCUT2D eigenvalue weighted by atomic mass is 10.1. The van der Waals surface area contributed by atoms with Gasteiger partial charge in [-0.3, -0.25) is 0 Å². The molecule has 5 nitrogen and oxygen atoms in total. The smallest absolute Gasteiger partial charge is 0.315 e. The third kappa shape index (κ3) is 6.60. The highest BCUT2D eigenvalue weighted by Crippen LogP contribution is 2.12. The lowest BCUT2D eigenvalue weighted by Gasteiger charge is -2.15. The Balaban J connectivity index is 1.58. The molecule has 2 rings (SSSR count). The fourth-order valence-electron chi connectivity index (χ4n) is 2.24. The van der Waals surface area contributed by atoms with E-state index in [2.05, 4.69) is 10.6 Å². The van der Waals surface area contributed by atoms with Gasteiger partial charge in [-0.25, -0.2) is 4.79 Å². The molecule has 3 N–H and O–H groups in total. The summed E-state index contributed by atoms with van der Waals surface area (Å²) in [5.41, 5.74) is 1.14. The van der Waals surface area contributed by atoms with E-state index in [0.717, 1.165) is 24.2 Å². The first kappa shape index (κ1) is 17.7. The van der Waals surface area contributed by atoms with Gasteiger partial charge < -0.3 is 20.5 Å². The minimum Gasteiger partial charge on any atom is -0.508 e. The van der Waals surface area contributed by atoms with E-state index in [4.69, 9.17) is 4.74 Å². The van der Waals surface area contributed by atoms with Crippen LogP contribution in [0.5, 0.6) is 11.5 Å². The number of aryl methyl sites for hydroxylation is 1. The first-order chi connectivity index (χ1) is 11.6. The van der Waals surface area contributed by atoms with Crippen molar-refractivity contribution in [1.82, 2.24) is 10.6 Å². The molecule has 1 atom stereocenters. The van der Waals surface area contributed by atoms with Crippen molar-refractivity contribution < 1.29 is 14.6 Å². The number of hydrogen-bond donors (Lipinski definition) is 3. The maximum atomic E-state index is 11.8. The minimum atomic E-state index is -0.190. The fraction of sp³-hybridized carbons (Fsp3) is 0.316. The van der Waals surface area contributed by atoms with Crippen molar-refractivity contribution in [3.05, 3.63) is 60.2 Å². The quantitative estimate of drug-likeness (QED) is 0.652. The van der Waals surface area contributed by atoms with Crippen molar-refractivity contribution in [2.75, 3.05) is 13.2 Å². The zero-order valence-corrected chi connectivity index (χ0v) is 13.9. The number of phenolic OH excluding ortho intramolecular Hbond substituents is 1. The Morgan fingerprint density at radius 3 is 2.54 bits per heavy atom. The summed E-state index contributed by atoms with van der Waals surface area (Å²) in [6.07, 6.45) is 1.68. The number of amides is 2.